The average molecular weight is 287 g/mol. The van der Waals surface area contributed by atoms with Gasteiger partial charge >= 0.3 is 0 Å². The van der Waals surface area contributed by atoms with Crippen molar-refractivity contribution in [2.75, 3.05) is 0 Å². The molecule has 0 radical (unpaired) electrons. The van der Waals surface area contributed by atoms with E-state index in [2.05, 4.69) is 5.10 Å². The Morgan fingerprint density at radius 2 is 1.70 bits per heavy atom. The molecule has 0 aliphatic carbocycles. The average Bonchev–Trinajstić information content (AvgIpc) is 2.49. The SMILES string of the molecule is O=c1c2ccccc2c(CO)nn1-c1ccc(Cl)cc1. The van der Waals surface area contributed by atoms with Crippen LogP contribution in [0.1, 0.15) is 5.69 Å². The van der Waals surface area contributed by atoms with Gasteiger partial charge in [-0.25, -0.2) is 0 Å². The van der Waals surface area contributed by atoms with Gasteiger partial charge in [-0.2, -0.15) is 9.78 Å². The molecule has 0 fully saturated rings. The Kier molecular flexibility index (Phi) is 3.26. The minimum Gasteiger partial charge on any atom is -0.390 e. The smallest absolute Gasteiger partial charge is 0.279 e. The molecule has 0 bridgehead atoms. The van der Waals surface area contributed by atoms with E-state index in [9.17, 15) is 9.90 Å². The molecular formula is C15H11ClN2O2. The Morgan fingerprint density at radius 3 is 2.35 bits per heavy atom. The standard InChI is InChI=1S/C15H11ClN2O2/c16-10-5-7-11(8-6-10)18-15(20)13-4-2-1-3-12(13)14(9-19)17-18/h1-8,19H,9H2. The molecule has 0 unspecified atom stereocenters. The molecule has 0 saturated heterocycles. The minimum atomic E-state index is -0.228. The first kappa shape index (κ1) is 12.8. The van der Waals surface area contributed by atoms with E-state index in [4.69, 9.17) is 11.6 Å². The number of aliphatic hydroxyl groups is 1. The van der Waals surface area contributed by atoms with E-state index in [-0.39, 0.29) is 12.2 Å². The molecule has 4 nitrogen and oxygen atoms in total. The van der Waals surface area contributed by atoms with Crippen molar-refractivity contribution in [1.29, 1.82) is 0 Å². The maximum absolute atomic E-state index is 12.5. The number of hydrogen-bond donors (Lipinski definition) is 1. The molecule has 0 aliphatic heterocycles. The van der Waals surface area contributed by atoms with Crippen molar-refractivity contribution in [3.05, 3.63) is 69.6 Å². The molecule has 3 aromatic rings. The minimum absolute atomic E-state index is 0.222. The van der Waals surface area contributed by atoms with Crippen molar-refractivity contribution in [2.45, 2.75) is 6.61 Å². The fourth-order valence-electron chi connectivity index (χ4n) is 2.13. The highest BCUT2D eigenvalue weighted by Gasteiger charge is 2.10. The molecule has 2 aromatic carbocycles. The first-order valence-electron chi connectivity index (χ1n) is 6.08. The van der Waals surface area contributed by atoms with E-state index in [0.717, 1.165) is 0 Å². The van der Waals surface area contributed by atoms with Gasteiger partial charge < -0.3 is 5.11 Å². The monoisotopic (exact) mass is 286 g/mol. The molecule has 1 heterocycles. The third-order valence-corrected chi connectivity index (χ3v) is 3.35. The topological polar surface area (TPSA) is 55.1 Å². The van der Waals surface area contributed by atoms with Gasteiger partial charge in [0.05, 0.1) is 23.4 Å². The van der Waals surface area contributed by atoms with E-state index < -0.39 is 0 Å². The van der Waals surface area contributed by atoms with Gasteiger partial charge in [0, 0.05) is 10.4 Å². The summed E-state index contributed by atoms with van der Waals surface area (Å²) >= 11 is 5.84. The fourth-order valence-corrected chi connectivity index (χ4v) is 2.26. The maximum atomic E-state index is 12.5. The summed E-state index contributed by atoms with van der Waals surface area (Å²) in [5.74, 6) is 0. The zero-order valence-electron chi connectivity index (χ0n) is 10.5. The quantitative estimate of drug-likeness (QED) is 0.787. The van der Waals surface area contributed by atoms with Gasteiger partial charge in [0.25, 0.3) is 5.56 Å². The molecule has 0 saturated carbocycles. The van der Waals surface area contributed by atoms with Crippen molar-refractivity contribution < 1.29 is 5.11 Å². The second-order valence-electron chi connectivity index (χ2n) is 4.34. The number of rotatable bonds is 2. The normalized spacial score (nSPS) is 10.9. The Bertz CT molecular complexity index is 825. The van der Waals surface area contributed by atoms with Crippen LogP contribution in [0.25, 0.3) is 16.5 Å². The van der Waals surface area contributed by atoms with Crippen LogP contribution in [0.4, 0.5) is 0 Å². The van der Waals surface area contributed by atoms with Crippen LogP contribution in [0.5, 0.6) is 0 Å². The first-order chi connectivity index (χ1) is 9.70. The number of hydrogen-bond acceptors (Lipinski definition) is 3. The van der Waals surface area contributed by atoms with E-state index in [1.165, 1.54) is 4.68 Å². The molecule has 0 atom stereocenters. The summed E-state index contributed by atoms with van der Waals surface area (Å²) in [6, 6.07) is 13.9. The lowest BCUT2D eigenvalue weighted by Crippen LogP contribution is -2.23. The third-order valence-electron chi connectivity index (χ3n) is 3.10. The van der Waals surface area contributed by atoms with E-state index >= 15 is 0 Å². The molecule has 100 valence electrons. The van der Waals surface area contributed by atoms with Gasteiger partial charge in [-0.3, -0.25) is 4.79 Å². The summed E-state index contributed by atoms with van der Waals surface area (Å²) < 4.78 is 1.28. The van der Waals surface area contributed by atoms with Crippen molar-refractivity contribution in [3.8, 4) is 5.69 Å². The van der Waals surface area contributed by atoms with Crippen LogP contribution in [0.2, 0.25) is 5.02 Å². The summed E-state index contributed by atoms with van der Waals surface area (Å²) in [6.07, 6.45) is 0. The highest BCUT2D eigenvalue weighted by atomic mass is 35.5. The predicted molar refractivity (Wildman–Crippen MR) is 78.3 cm³/mol. The van der Waals surface area contributed by atoms with Crippen molar-refractivity contribution in [1.82, 2.24) is 9.78 Å². The number of aromatic nitrogens is 2. The predicted octanol–water partition coefficient (Wildman–Crippen LogP) is 2.53. The van der Waals surface area contributed by atoms with Gasteiger partial charge in [-0.15, -0.1) is 0 Å². The summed E-state index contributed by atoms with van der Waals surface area (Å²) in [5.41, 5.74) is 0.857. The lowest BCUT2D eigenvalue weighted by Gasteiger charge is -2.09. The van der Waals surface area contributed by atoms with Crippen molar-refractivity contribution >= 4 is 22.4 Å². The fraction of sp³-hybridized carbons (Fsp3) is 0.0667. The van der Waals surface area contributed by atoms with E-state index in [1.54, 1.807) is 42.5 Å². The Morgan fingerprint density at radius 1 is 1.05 bits per heavy atom. The van der Waals surface area contributed by atoms with Gasteiger partial charge in [0.1, 0.15) is 0 Å². The van der Waals surface area contributed by atoms with Crippen LogP contribution in [-0.4, -0.2) is 14.9 Å². The van der Waals surface area contributed by atoms with Crippen LogP contribution in [-0.2, 0) is 6.61 Å². The molecule has 20 heavy (non-hydrogen) atoms. The number of halogens is 1. The van der Waals surface area contributed by atoms with Crippen LogP contribution in [0.15, 0.2) is 53.3 Å². The summed E-state index contributed by atoms with van der Waals surface area (Å²) in [6.45, 7) is -0.228. The number of benzene rings is 2. The second kappa shape index (κ2) is 5.07. The third kappa shape index (κ3) is 2.09. The van der Waals surface area contributed by atoms with Gasteiger partial charge in [-0.05, 0) is 30.3 Å². The van der Waals surface area contributed by atoms with E-state index in [0.29, 0.717) is 27.2 Å². The van der Waals surface area contributed by atoms with Crippen LogP contribution < -0.4 is 5.56 Å². The summed E-state index contributed by atoms with van der Waals surface area (Å²) in [5, 5.41) is 15.5. The van der Waals surface area contributed by atoms with Crippen molar-refractivity contribution in [3.63, 3.8) is 0 Å². The molecular weight excluding hydrogens is 276 g/mol. The highest BCUT2D eigenvalue weighted by Crippen LogP contribution is 2.16. The largest absolute Gasteiger partial charge is 0.390 e. The van der Waals surface area contributed by atoms with Gasteiger partial charge in [-0.1, -0.05) is 29.8 Å². The molecule has 5 heteroatoms. The molecule has 0 aliphatic rings. The lowest BCUT2D eigenvalue weighted by atomic mass is 10.1. The zero-order valence-corrected chi connectivity index (χ0v) is 11.2. The summed E-state index contributed by atoms with van der Waals surface area (Å²) in [4.78, 5) is 12.5. The Hall–Kier alpha value is -2.17. The van der Waals surface area contributed by atoms with Gasteiger partial charge in [0.15, 0.2) is 0 Å². The maximum Gasteiger partial charge on any atom is 0.279 e. The lowest BCUT2D eigenvalue weighted by molar-refractivity contribution is 0.276. The highest BCUT2D eigenvalue weighted by molar-refractivity contribution is 6.30. The van der Waals surface area contributed by atoms with Crippen LogP contribution >= 0.6 is 11.6 Å². The molecule has 1 aromatic heterocycles. The van der Waals surface area contributed by atoms with Crippen LogP contribution in [0, 0.1) is 0 Å². The Balaban J connectivity index is 2.34. The zero-order chi connectivity index (χ0) is 14.1. The second-order valence-corrected chi connectivity index (χ2v) is 4.78. The molecule has 1 N–H and O–H groups in total. The molecule has 0 spiro atoms. The molecule has 0 amide bonds. The summed E-state index contributed by atoms with van der Waals surface area (Å²) in [7, 11) is 0. The molecule has 3 rings (SSSR count). The number of aliphatic hydroxyl groups excluding tert-OH is 1. The number of nitrogens with zero attached hydrogens (tertiary/aromatic N) is 2. The van der Waals surface area contributed by atoms with Crippen LogP contribution in [0.3, 0.4) is 0 Å². The first-order valence-corrected chi connectivity index (χ1v) is 6.46. The van der Waals surface area contributed by atoms with E-state index in [1.807, 2.05) is 6.07 Å². The van der Waals surface area contributed by atoms with Gasteiger partial charge in [0.2, 0.25) is 0 Å². The number of fused-ring (bicyclic) bond motifs is 1. The van der Waals surface area contributed by atoms with Crippen molar-refractivity contribution in [2.24, 2.45) is 0 Å². The Labute approximate surface area is 119 Å².